The number of fused-ring (bicyclic) bond motifs is 1. The van der Waals surface area contributed by atoms with Gasteiger partial charge >= 0.3 is 0 Å². The second-order valence-corrected chi connectivity index (χ2v) is 7.70. The van der Waals surface area contributed by atoms with Crippen LogP contribution in [0.4, 0.5) is 4.39 Å². The summed E-state index contributed by atoms with van der Waals surface area (Å²) in [5, 5.41) is 12.8. The van der Waals surface area contributed by atoms with Crippen molar-refractivity contribution in [3.05, 3.63) is 75.4 Å². The largest absolute Gasteiger partial charge is 0.495 e. The van der Waals surface area contributed by atoms with Crippen molar-refractivity contribution in [3.8, 4) is 11.5 Å². The van der Waals surface area contributed by atoms with Gasteiger partial charge in [0.1, 0.15) is 5.75 Å². The lowest BCUT2D eigenvalue weighted by molar-refractivity contribution is 0.0948. The molecule has 158 valence electrons. The van der Waals surface area contributed by atoms with Crippen molar-refractivity contribution >= 4 is 40.3 Å². The topological polar surface area (TPSA) is 76.2 Å². The number of thiophene rings is 1. The fraction of sp³-hybridized carbons (Fsp3) is 0.130. The van der Waals surface area contributed by atoms with Crippen molar-refractivity contribution in [3.63, 3.8) is 0 Å². The van der Waals surface area contributed by atoms with Crippen molar-refractivity contribution in [2.24, 2.45) is 0 Å². The molecule has 0 aliphatic rings. The Labute approximate surface area is 182 Å². The Bertz CT molecular complexity index is 1250. The quantitative estimate of drug-likeness (QED) is 0.432. The van der Waals surface area contributed by atoms with Gasteiger partial charge in [0.25, 0.3) is 5.91 Å². The number of methoxy groups -OCH3 is 2. The predicted octanol–water partition coefficient (Wildman–Crippen LogP) is 4.88. The van der Waals surface area contributed by atoms with Crippen LogP contribution in [0.3, 0.4) is 0 Å². The van der Waals surface area contributed by atoms with Gasteiger partial charge in [-0.15, -0.1) is 11.3 Å². The molecule has 0 fully saturated rings. The van der Waals surface area contributed by atoms with Crippen LogP contribution in [0.1, 0.15) is 26.5 Å². The minimum atomic E-state index is -0.446. The first kappa shape index (κ1) is 20.6. The number of H-pyrrole nitrogens is 1. The van der Waals surface area contributed by atoms with Gasteiger partial charge in [0, 0.05) is 4.88 Å². The maximum atomic E-state index is 14.0. The number of nitrogens with zero attached hydrogens (tertiary/aromatic N) is 1. The summed E-state index contributed by atoms with van der Waals surface area (Å²) in [5.74, 6) is -0.0722. The van der Waals surface area contributed by atoms with E-state index in [-0.39, 0.29) is 11.7 Å². The Morgan fingerprint density at radius 3 is 2.77 bits per heavy atom. The Hall–Kier alpha value is -3.65. The van der Waals surface area contributed by atoms with Gasteiger partial charge in [-0.25, -0.2) is 4.39 Å². The summed E-state index contributed by atoms with van der Waals surface area (Å²) < 4.78 is 24.5. The average molecular weight is 437 g/mol. The van der Waals surface area contributed by atoms with Crippen LogP contribution < -0.4 is 14.8 Å². The highest BCUT2D eigenvalue weighted by atomic mass is 32.1. The van der Waals surface area contributed by atoms with E-state index >= 15 is 0 Å². The first-order chi connectivity index (χ1) is 15.1. The summed E-state index contributed by atoms with van der Waals surface area (Å²) in [6.45, 7) is 0.443. The Morgan fingerprint density at radius 2 is 2.06 bits per heavy atom. The van der Waals surface area contributed by atoms with E-state index in [0.717, 1.165) is 10.4 Å². The third kappa shape index (κ3) is 4.29. The second-order valence-electron chi connectivity index (χ2n) is 6.67. The minimum absolute atomic E-state index is 0.183. The summed E-state index contributed by atoms with van der Waals surface area (Å²) in [7, 11) is 2.94. The van der Waals surface area contributed by atoms with Crippen molar-refractivity contribution in [1.29, 1.82) is 0 Å². The normalized spacial score (nSPS) is 11.2. The molecule has 2 aromatic heterocycles. The molecule has 2 aromatic carbocycles. The number of nitrogens with one attached hydrogen (secondary N) is 2. The molecule has 0 atom stereocenters. The molecule has 0 radical (unpaired) electrons. The first-order valence-electron chi connectivity index (χ1n) is 9.48. The van der Waals surface area contributed by atoms with Gasteiger partial charge in [-0.1, -0.05) is 18.2 Å². The molecule has 6 nitrogen and oxygen atoms in total. The molecule has 31 heavy (non-hydrogen) atoms. The lowest BCUT2D eigenvalue weighted by Gasteiger charge is -2.10. The van der Waals surface area contributed by atoms with Gasteiger partial charge in [0.15, 0.2) is 11.6 Å². The molecule has 2 N–H and O–H groups in total. The van der Waals surface area contributed by atoms with Crippen LogP contribution in [-0.4, -0.2) is 30.3 Å². The zero-order valence-electron chi connectivity index (χ0n) is 16.9. The lowest BCUT2D eigenvalue weighted by atomic mass is 10.1. The van der Waals surface area contributed by atoms with Gasteiger partial charge in [0.05, 0.1) is 42.9 Å². The van der Waals surface area contributed by atoms with Gasteiger partial charge < -0.3 is 14.8 Å². The number of hydrogen-bond donors (Lipinski definition) is 2. The smallest absolute Gasteiger partial charge is 0.255 e. The van der Waals surface area contributed by atoms with Crippen molar-refractivity contribution in [2.75, 3.05) is 14.2 Å². The summed E-state index contributed by atoms with van der Waals surface area (Å²) >= 11 is 1.58. The van der Waals surface area contributed by atoms with Crippen LogP contribution in [-0.2, 0) is 6.54 Å². The SMILES string of the molecule is COc1ccc(C=Cc2n[nH]c3ccc(C(=O)NCc4cccs4)c(OC)c23)cc1F. The lowest BCUT2D eigenvalue weighted by Crippen LogP contribution is -2.22. The number of aromatic nitrogens is 2. The average Bonchev–Trinajstić information content (AvgIpc) is 3.45. The van der Waals surface area contributed by atoms with E-state index in [2.05, 4.69) is 15.5 Å². The number of amides is 1. The number of benzene rings is 2. The summed E-state index contributed by atoms with van der Waals surface area (Å²) in [6.07, 6.45) is 3.48. The fourth-order valence-electron chi connectivity index (χ4n) is 3.26. The summed E-state index contributed by atoms with van der Waals surface area (Å²) in [6, 6.07) is 12.1. The van der Waals surface area contributed by atoms with Crippen molar-refractivity contribution in [2.45, 2.75) is 6.54 Å². The Balaban J connectivity index is 1.65. The molecule has 0 bridgehead atoms. The van der Waals surface area contributed by atoms with Gasteiger partial charge in [0.2, 0.25) is 0 Å². The molecule has 0 saturated heterocycles. The highest BCUT2D eigenvalue weighted by molar-refractivity contribution is 7.09. The van der Waals surface area contributed by atoms with Crippen LogP contribution in [0.25, 0.3) is 23.1 Å². The summed E-state index contributed by atoms with van der Waals surface area (Å²) in [4.78, 5) is 13.8. The minimum Gasteiger partial charge on any atom is -0.495 e. The van der Waals surface area contributed by atoms with Crippen molar-refractivity contribution < 1.29 is 18.7 Å². The number of aromatic amines is 1. The molecule has 4 aromatic rings. The predicted molar refractivity (Wildman–Crippen MR) is 120 cm³/mol. The molecule has 4 rings (SSSR count). The highest BCUT2D eigenvalue weighted by Gasteiger charge is 2.19. The molecule has 1 amide bonds. The zero-order valence-corrected chi connectivity index (χ0v) is 17.8. The number of ether oxygens (including phenoxy) is 2. The summed E-state index contributed by atoms with van der Waals surface area (Å²) in [5.41, 5.74) is 2.37. The molecule has 0 saturated carbocycles. The van der Waals surface area contributed by atoms with E-state index in [9.17, 15) is 9.18 Å². The molecular formula is C23H20FN3O3S. The van der Waals surface area contributed by atoms with Crippen LogP contribution >= 0.6 is 11.3 Å². The number of carbonyl (C=O) groups excluding carboxylic acids is 1. The number of carbonyl (C=O) groups is 1. The van der Waals surface area contributed by atoms with Gasteiger partial charge in [-0.2, -0.15) is 5.10 Å². The third-order valence-corrected chi connectivity index (χ3v) is 5.65. The maximum absolute atomic E-state index is 14.0. The van der Waals surface area contributed by atoms with E-state index in [0.29, 0.717) is 34.5 Å². The van der Waals surface area contributed by atoms with Crippen molar-refractivity contribution in [1.82, 2.24) is 15.5 Å². The van der Waals surface area contributed by atoms with Gasteiger partial charge in [-0.05, 0) is 47.4 Å². The molecule has 0 spiro atoms. The molecule has 0 unspecified atom stereocenters. The van der Waals surface area contributed by atoms with E-state index in [4.69, 9.17) is 9.47 Å². The number of halogens is 1. The number of rotatable bonds is 7. The molecular weight excluding hydrogens is 417 g/mol. The van der Waals surface area contributed by atoms with E-state index < -0.39 is 5.82 Å². The Morgan fingerprint density at radius 1 is 1.19 bits per heavy atom. The fourth-order valence-corrected chi connectivity index (χ4v) is 3.90. The first-order valence-corrected chi connectivity index (χ1v) is 10.4. The standard InChI is InChI=1S/C23H20FN3O3S/c1-29-20-10-6-14(12-17(20)24)5-8-18-21-19(27-26-18)9-7-16(22(21)30-2)23(28)25-13-15-4-3-11-31-15/h3-12H,13H2,1-2H3,(H,25,28)(H,26,27). The van der Waals surface area contributed by atoms with E-state index in [1.54, 1.807) is 47.8 Å². The van der Waals surface area contributed by atoms with Crippen LogP contribution in [0.2, 0.25) is 0 Å². The third-order valence-electron chi connectivity index (χ3n) is 4.77. The molecule has 0 aliphatic heterocycles. The van der Waals surface area contributed by atoms with Crippen LogP contribution in [0, 0.1) is 5.82 Å². The zero-order chi connectivity index (χ0) is 21.8. The Kier molecular flexibility index (Phi) is 5.99. The molecule has 0 aliphatic carbocycles. The van der Waals surface area contributed by atoms with E-state index in [1.807, 2.05) is 17.5 Å². The van der Waals surface area contributed by atoms with Crippen LogP contribution in [0.15, 0.2) is 47.8 Å². The maximum Gasteiger partial charge on any atom is 0.255 e. The molecule has 2 heterocycles. The van der Waals surface area contributed by atoms with E-state index in [1.165, 1.54) is 20.3 Å². The highest BCUT2D eigenvalue weighted by Crippen LogP contribution is 2.32. The van der Waals surface area contributed by atoms with Crippen LogP contribution in [0.5, 0.6) is 11.5 Å². The number of hydrogen-bond acceptors (Lipinski definition) is 5. The van der Waals surface area contributed by atoms with Gasteiger partial charge in [-0.3, -0.25) is 9.89 Å². The second kappa shape index (κ2) is 9.01. The molecule has 8 heteroatoms. The monoisotopic (exact) mass is 437 g/mol.